The van der Waals surface area contributed by atoms with E-state index in [1.807, 2.05) is 0 Å². The molecule has 0 radical (unpaired) electrons. The van der Waals surface area contributed by atoms with Crippen molar-refractivity contribution in [2.45, 2.75) is 50.2 Å². The molecule has 2 unspecified atom stereocenters. The Morgan fingerprint density at radius 1 is 1.13 bits per heavy atom. The van der Waals surface area contributed by atoms with Gasteiger partial charge in [-0.15, -0.1) is 0 Å². The molecule has 0 aromatic rings. The largest absolute Gasteiger partial charge is 0.300 e. The second-order valence-corrected chi connectivity index (χ2v) is 5.43. The van der Waals surface area contributed by atoms with Crippen molar-refractivity contribution in [1.29, 1.82) is 0 Å². The second-order valence-electron chi connectivity index (χ2n) is 5.43. The van der Waals surface area contributed by atoms with Crippen LogP contribution in [-0.4, -0.2) is 53.8 Å². The highest BCUT2D eigenvalue weighted by molar-refractivity contribution is 5.82. The van der Waals surface area contributed by atoms with E-state index in [4.69, 9.17) is 0 Å². The third-order valence-corrected chi connectivity index (χ3v) is 4.65. The van der Waals surface area contributed by atoms with Crippen LogP contribution in [0.4, 0.5) is 0 Å². The van der Waals surface area contributed by atoms with E-state index in [0.29, 0.717) is 11.8 Å². The molecule has 3 heteroatoms. The number of carbonyl (C=O) groups is 1. The van der Waals surface area contributed by atoms with Crippen molar-refractivity contribution in [1.82, 2.24) is 9.80 Å². The molecule has 3 saturated heterocycles. The molecule has 3 nitrogen and oxygen atoms in total. The van der Waals surface area contributed by atoms with E-state index in [9.17, 15) is 4.79 Å². The molecular weight excluding hydrogens is 188 g/mol. The molecule has 0 aromatic heterocycles. The topological polar surface area (TPSA) is 23.6 Å². The van der Waals surface area contributed by atoms with Gasteiger partial charge in [-0.25, -0.2) is 0 Å². The minimum absolute atomic E-state index is 0.446. The monoisotopic (exact) mass is 208 g/mol. The molecule has 0 aromatic carbocycles. The SMILES string of the molecule is CN1C2CCC1CC(N1CCC(=O)C1)C2. The first-order chi connectivity index (χ1) is 7.24. The number of hydrogen-bond donors (Lipinski definition) is 0. The fraction of sp³-hybridized carbons (Fsp3) is 0.917. The van der Waals surface area contributed by atoms with Crippen LogP contribution in [0.3, 0.4) is 0 Å². The minimum Gasteiger partial charge on any atom is -0.300 e. The van der Waals surface area contributed by atoms with Crippen LogP contribution in [0.25, 0.3) is 0 Å². The van der Waals surface area contributed by atoms with Crippen LogP contribution in [0.15, 0.2) is 0 Å². The number of rotatable bonds is 1. The van der Waals surface area contributed by atoms with Gasteiger partial charge in [0.05, 0.1) is 6.54 Å². The number of piperidine rings is 1. The Kier molecular flexibility index (Phi) is 2.33. The maximum absolute atomic E-state index is 11.3. The summed E-state index contributed by atoms with van der Waals surface area (Å²) in [6.07, 6.45) is 6.13. The quantitative estimate of drug-likeness (QED) is 0.639. The molecule has 84 valence electrons. The summed E-state index contributed by atoms with van der Waals surface area (Å²) in [5.74, 6) is 0.446. The van der Waals surface area contributed by atoms with Crippen LogP contribution in [0.1, 0.15) is 32.1 Å². The molecule has 3 aliphatic rings. The molecule has 0 spiro atoms. The van der Waals surface area contributed by atoms with Crippen LogP contribution in [-0.2, 0) is 4.79 Å². The van der Waals surface area contributed by atoms with Gasteiger partial charge in [-0.3, -0.25) is 9.69 Å². The highest BCUT2D eigenvalue weighted by Crippen LogP contribution is 2.36. The smallest absolute Gasteiger partial charge is 0.148 e. The maximum atomic E-state index is 11.3. The third-order valence-electron chi connectivity index (χ3n) is 4.65. The van der Waals surface area contributed by atoms with Gasteiger partial charge in [-0.05, 0) is 32.7 Å². The molecule has 2 atom stereocenters. The predicted molar refractivity (Wildman–Crippen MR) is 58.8 cm³/mol. The van der Waals surface area contributed by atoms with Crippen LogP contribution in [0, 0.1) is 0 Å². The van der Waals surface area contributed by atoms with Gasteiger partial charge in [-0.1, -0.05) is 0 Å². The number of nitrogens with zero attached hydrogens (tertiary/aromatic N) is 2. The van der Waals surface area contributed by atoms with Crippen molar-refractivity contribution in [3.63, 3.8) is 0 Å². The molecule has 3 rings (SSSR count). The average Bonchev–Trinajstić information content (AvgIpc) is 2.70. The molecule has 3 fully saturated rings. The zero-order chi connectivity index (χ0) is 10.4. The van der Waals surface area contributed by atoms with Crippen molar-refractivity contribution in [2.24, 2.45) is 0 Å². The van der Waals surface area contributed by atoms with Crippen LogP contribution < -0.4 is 0 Å². The van der Waals surface area contributed by atoms with Gasteiger partial charge in [0.15, 0.2) is 0 Å². The minimum atomic E-state index is 0.446. The van der Waals surface area contributed by atoms with Gasteiger partial charge in [0.1, 0.15) is 5.78 Å². The highest BCUT2D eigenvalue weighted by Gasteiger charge is 2.41. The summed E-state index contributed by atoms with van der Waals surface area (Å²) in [5, 5.41) is 0. The second kappa shape index (κ2) is 3.56. The van der Waals surface area contributed by atoms with Gasteiger partial charge in [0.25, 0.3) is 0 Å². The van der Waals surface area contributed by atoms with Crippen molar-refractivity contribution in [3.05, 3.63) is 0 Å². The molecule has 3 aliphatic heterocycles. The van der Waals surface area contributed by atoms with Gasteiger partial charge in [0, 0.05) is 31.1 Å². The standard InChI is InChI=1S/C12H20N2O/c1-13-9-2-3-10(13)7-11(6-9)14-5-4-12(15)8-14/h9-11H,2-8H2,1H3. The lowest BCUT2D eigenvalue weighted by molar-refractivity contribution is -0.117. The van der Waals surface area contributed by atoms with E-state index < -0.39 is 0 Å². The molecule has 3 heterocycles. The molecule has 2 bridgehead atoms. The molecule has 0 N–H and O–H groups in total. The Labute approximate surface area is 91.4 Å². The lowest BCUT2D eigenvalue weighted by Gasteiger charge is -2.40. The normalized spacial score (nSPS) is 42.7. The van der Waals surface area contributed by atoms with Gasteiger partial charge in [0.2, 0.25) is 0 Å². The third kappa shape index (κ3) is 1.62. The van der Waals surface area contributed by atoms with E-state index in [1.165, 1.54) is 25.7 Å². The van der Waals surface area contributed by atoms with Crippen LogP contribution >= 0.6 is 0 Å². The number of carbonyl (C=O) groups excluding carboxylic acids is 1. The molecule has 0 amide bonds. The fourth-order valence-corrected chi connectivity index (χ4v) is 3.65. The fourth-order valence-electron chi connectivity index (χ4n) is 3.65. The average molecular weight is 208 g/mol. The van der Waals surface area contributed by atoms with Crippen molar-refractivity contribution in [2.75, 3.05) is 20.1 Å². The summed E-state index contributed by atoms with van der Waals surface area (Å²) in [7, 11) is 2.27. The van der Waals surface area contributed by atoms with Crippen LogP contribution in [0.2, 0.25) is 0 Å². The first-order valence-corrected chi connectivity index (χ1v) is 6.21. The Hall–Kier alpha value is -0.410. The van der Waals surface area contributed by atoms with Gasteiger partial charge < -0.3 is 4.90 Å². The van der Waals surface area contributed by atoms with E-state index in [-0.39, 0.29) is 0 Å². The number of Topliss-reactive ketones (excluding diaryl/α,β-unsaturated/α-hetero) is 1. The predicted octanol–water partition coefficient (Wildman–Crippen LogP) is 0.886. The number of fused-ring (bicyclic) bond motifs is 2. The summed E-state index contributed by atoms with van der Waals surface area (Å²) >= 11 is 0. The molecule has 0 saturated carbocycles. The van der Waals surface area contributed by atoms with Crippen molar-refractivity contribution < 1.29 is 4.79 Å². The first kappa shape index (κ1) is 9.79. The van der Waals surface area contributed by atoms with E-state index in [0.717, 1.165) is 31.6 Å². The van der Waals surface area contributed by atoms with Gasteiger partial charge in [-0.2, -0.15) is 0 Å². The summed E-state index contributed by atoms with van der Waals surface area (Å²) in [4.78, 5) is 16.3. The molecular formula is C12H20N2O. The number of hydrogen-bond acceptors (Lipinski definition) is 3. The van der Waals surface area contributed by atoms with E-state index >= 15 is 0 Å². The number of likely N-dealkylation sites (tertiary alicyclic amines) is 1. The van der Waals surface area contributed by atoms with Crippen LogP contribution in [0.5, 0.6) is 0 Å². The molecule has 0 aliphatic carbocycles. The Bertz CT molecular complexity index is 265. The van der Waals surface area contributed by atoms with Crippen molar-refractivity contribution >= 4 is 5.78 Å². The van der Waals surface area contributed by atoms with Gasteiger partial charge >= 0.3 is 0 Å². The van der Waals surface area contributed by atoms with E-state index in [2.05, 4.69) is 16.8 Å². The summed E-state index contributed by atoms with van der Waals surface area (Å²) in [6.45, 7) is 1.75. The highest BCUT2D eigenvalue weighted by atomic mass is 16.1. The van der Waals surface area contributed by atoms with E-state index in [1.54, 1.807) is 0 Å². The Balaban J connectivity index is 1.67. The zero-order valence-electron chi connectivity index (χ0n) is 9.48. The first-order valence-electron chi connectivity index (χ1n) is 6.21. The lowest BCUT2D eigenvalue weighted by atomic mass is 9.97. The lowest BCUT2D eigenvalue weighted by Crippen LogP contribution is -2.48. The zero-order valence-corrected chi connectivity index (χ0v) is 9.48. The maximum Gasteiger partial charge on any atom is 0.148 e. The Morgan fingerprint density at radius 3 is 2.33 bits per heavy atom. The Morgan fingerprint density at radius 2 is 1.80 bits per heavy atom. The summed E-state index contributed by atoms with van der Waals surface area (Å²) in [5.41, 5.74) is 0. The van der Waals surface area contributed by atoms with Crippen molar-refractivity contribution in [3.8, 4) is 0 Å². The summed E-state index contributed by atoms with van der Waals surface area (Å²) < 4.78 is 0. The molecule has 15 heavy (non-hydrogen) atoms. The summed E-state index contributed by atoms with van der Waals surface area (Å²) in [6, 6.07) is 2.29. The number of ketones is 1.